The fraction of sp³-hybridized carbons (Fsp3) is 0.650. The topological polar surface area (TPSA) is 45.7 Å². The van der Waals surface area contributed by atoms with Crippen LogP contribution < -0.4 is 10.6 Å². The van der Waals surface area contributed by atoms with Gasteiger partial charge >= 0.3 is 0 Å². The molecule has 140 valence electrons. The van der Waals surface area contributed by atoms with Crippen LogP contribution >= 0.6 is 0 Å². The first kappa shape index (κ1) is 19.7. The Morgan fingerprint density at radius 1 is 1.12 bits per heavy atom. The van der Waals surface area contributed by atoms with E-state index in [1.807, 2.05) is 6.07 Å². The van der Waals surface area contributed by atoms with E-state index in [0.717, 1.165) is 32.4 Å². The molecular weight excluding hydrogens is 317 g/mol. The van der Waals surface area contributed by atoms with Crippen LogP contribution in [0.5, 0.6) is 0 Å². The maximum atomic E-state index is 13.6. The lowest BCUT2D eigenvalue weighted by atomic mass is 9.98. The van der Waals surface area contributed by atoms with Gasteiger partial charge in [-0.05, 0) is 38.2 Å². The number of ether oxygens (including phenoxy) is 1. The molecule has 1 saturated carbocycles. The Labute approximate surface area is 151 Å². The van der Waals surface area contributed by atoms with Crippen LogP contribution in [-0.4, -0.2) is 32.3 Å². The van der Waals surface area contributed by atoms with Crippen molar-refractivity contribution in [2.45, 2.75) is 64.0 Å². The number of nitrogens with one attached hydrogen (secondary N) is 2. The summed E-state index contributed by atoms with van der Waals surface area (Å²) in [6.45, 7) is 2.17. The molecule has 1 aromatic carbocycles. The highest BCUT2D eigenvalue weighted by Crippen LogP contribution is 2.20. The number of nitrogens with zero attached hydrogens (tertiary/aromatic N) is 1. The van der Waals surface area contributed by atoms with Crippen molar-refractivity contribution < 1.29 is 9.13 Å². The van der Waals surface area contributed by atoms with Gasteiger partial charge in [-0.3, -0.25) is 4.99 Å². The summed E-state index contributed by atoms with van der Waals surface area (Å²) in [5, 5.41) is 6.42. The molecule has 0 heterocycles. The molecule has 0 amide bonds. The predicted molar refractivity (Wildman–Crippen MR) is 101 cm³/mol. The smallest absolute Gasteiger partial charge is 0.191 e. The van der Waals surface area contributed by atoms with Crippen LogP contribution in [0.15, 0.2) is 29.3 Å². The lowest BCUT2D eigenvalue weighted by molar-refractivity contribution is 0.0264. The minimum Gasteiger partial charge on any atom is -0.378 e. The summed E-state index contributed by atoms with van der Waals surface area (Å²) in [7, 11) is 1.73. The van der Waals surface area contributed by atoms with Crippen molar-refractivity contribution in [2.75, 3.05) is 20.2 Å². The molecule has 0 unspecified atom stereocenters. The van der Waals surface area contributed by atoms with Crippen molar-refractivity contribution >= 4 is 5.96 Å². The van der Waals surface area contributed by atoms with E-state index in [1.54, 1.807) is 19.2 Å². The Morgan fingerprint density at radius 2 is 1.92 bits per heavy atom. The molecule has 0 aliphatic heterocycles. The van der Waals surface area contributed by atoms with E-state index in [-0.39, 0.29) is 5.82 Å². The summed E-state index contributed by atoms with van der Waals surface area (Å²) in [5.74, 6) is 0.519. The highest BCUT2D eigenvalue weighted by molar-refractivity contribution is 5.79. The van der Waals surface area contributed by atoms with Crippen molar-refractivity contribution in [1.29, 1.82) is 0 Å². The molecule has 1 fully saturated rings. The molecule has 1 aromatic rings. The van der Waals surface area contributed by atoms with Crippen LogP contribution in [0.2, 0.25) is 0 Å². The van der Waals surface area contributed by atoms with E-state index in [0.29, 0.717) is 24.2 Å². The van der Waals surface area contributed by atoms with Crippen molar-refractivity contribution in [3.8, 4) is 0 Å². The van der Waals surface area contributed by atoms with Gasteiger partial charge in [-0.15, -0.1) is 0 Å². The van der Waals surface area contributed by atoms with Gasteiger partial charge in [0.25, 0.3) is 0 Å². The molecule has 2 rings (SSSR count). The van der Waals surface area contributed by atoms with Gasteiger partial charge in [0.1, 0.15) is 5.82 Å². The maximum Gasteiger partial charge on any atom is 0.191 e. The summed E-state index contributed by atoms with van der Waals surface area (Å²) in [6, 6.07) is 6.79. The Hall–Kier alpha value is -1.62. The molecule has 0 radical (unpaired) electrons. The fourth-order valence-corrected chi connectivity index (χ4v) is 3.13. The Balaban J connectivity index is 1.50. The first-order valence-corrected chi connectivity index (χ1v) is 9.59. The molecule has 4 nitrogen and oxygen atoms in total. The highest BCUT2D eigenvalue weighted by Gasteiger charge is 2.12. The Bertz CT molecular complexity index is 515. The molecular formula is C20H32FN3O. The van der Waals surface area contributed by atoms with E-state index in [2.05, 4.69) is 15.6 Å². The molecule has 0 saturated heterocycles. The van der Waals surface area contributed by atoms with E-state index in [1.165, 1.54) is 38.2 Å². The largest absolute Gasteiger partial charge is 0.378 e. The van der Waals surface area contributed by atoms with Gasteiger partial charge in [-0.2, -0.15) is 0 Å². The number of guanidine groups is 1. The summed E-state index contributed by atoms with van der Waals surface area (Å²) < 4.78 is 19.5. The van der Waals surface area contributed by atoms with Crippen molar-refractivity contribution in [1.82, 2.24) is 10.6 Å². The molecule has 2 N–H and O–H groups in total. The number of hydrogen-bond acceptors (Lipinski definition) is 2. The second kappa shape index (κ2) is 11.9. The van der Waals surface area contributed by atoms with Gasteiger partial charge in [0.2, 0.25) is 0 Å². The van der Waals surface area contributed by atoms with Gasteiger partial charge in [-0.25, -0.2) is 4.39 Å². The van der Waals surface area contributed by atoms with Crippen molar-refractivity contribution in [2.24, 2.45) is 4.99 Å². The third-order valence-electron chi connectivity index (χ3n) is 4.65. The molecule has 25 heavy (non-hydrogen) atoms. The SMILES string of the molecule is CN=C(NCCCCCOC1CCCCC1)NCc1ccccc1F. The molecule has 0 spiro atoms. The lowest BCUT2D eigenvalue weighted by Crippen LogP contribution is -2.37. The minimum absolute atomic E-state index is 0.191. The Kier molecular flexibility index (Phi) is 9.34. The zero-order chi connectivity index (χ0) is 17.7. The predicted octanol–water partition coefficient (Wildman–Crippen LogP) is 4.01. The van der Waals surface area contributed by atoms with E-state index >= 15 is 0 Å². The van der Waals surface area contributed by atoms with Crippen LogP contribution in [0.1, 0.15) is 56.9 Å². The number of unbranched alkanes of at least 4 members (excludes halogenated alkanes) is 2. The molecule has 0 bridgehead atoms. The van der Waals surface area contributed by atoms with Gasteiger partial charge in [0.15, 0.2) is 5.96 Å². The van der Waals surface area contributed by atoms with Gasteiger partial charge in [-0.1, -0.05) is 37.5 Å². The van der Waals surface area contributed by atoms with Crippen LogP contribution in [-0.2, 0) is 11.3 Å². The van der Waals surface area contributed by atoms with Crippen LogP contribution in [0.4, 0.5) is 4.39 Å². The molecule has 1 aliphatic rings. The normalized spacial score (nSPS) is 16.0. The number of hydrogen-bond donors (Lipinski definition) is 2. The molecule has 0 atom stereocenters. The van der Waals surface area contributed by atoms with Gasteiger partial charge in [0.05, 0.1) is 6.10 Å². The highest BCUT2D eigenvalue weighted by atomic mass is 19.1. The second-order valence-corrected chi connectivity index (χ2v) is 6.64. The first-order valence-electron chi connectivity index (χ1n) is 9.59. The number of halogens is 1. The number of rotatable bonds is 9. The van der Waals surface area contributed by atoms with E-state index < -0.39 is 0 Å². The van der Waals surface area contributed by atoms with Crippen molar-refractivity contribution in [3.05, 3.63) is 35.6 Å². The zero-order valence-corrected chi connectivity index (χ0v) is 15.4. The maximum absolute atomic E-state index is 13.6. The summed E-state index contributed by atoms with van der Waals surface area (Å²) in [5.41, 5.74) is 0.644. The van der Waals surface area contributed by atoms with Crippen LogP contribution in [0.3, 0.4) is 0 Å². The zero-order valence-electron chi connectivity index (χ0n) is 15.4. The number of aliphatic imine (C=N–C) groups is 1. The average molecular weight is 349 g/mol. The summed E-state index contributed by atoms with van der Waals surface area (Å²) in [6.07, 6.45) is 10.3. The average Bonchev–Trinajstić information content (AvgIpc) is 2.65. The van der Waals surface area contributed by atoms with Gasteiger partial charge < -0.3 is 15.4 Å². The van der Waals surface area contributed by atoms with Gasteiger partial charge in [0, 0.05) is 32.3 Å². The quantitative estimate of drug-likeness (QED) is 0.402. The van der Waals surface area contributed by atoms with E-state index in [9.17, 15) is 4.39 Å². The third-order valence-corrected chi connectivity index (χ3v) is 4.65. The lowest BCUT2D eigenvalue weighted by Gasteiger charge is -2.21. The fourth-order valence-electron chi connectivity index (χ4n) is 3.13. The molecule has 0 aromatic heterocycles. The molecule has 1 aliphatic carbocycles. The summed E-state index contributed by atoms with van der Waals surface area (Å²) >= 11 is 0. The monoisotopic (exact) mass is 349 g/mol. The third kappa shape index (κ3) is 7.86. The van der Waals surface area contributed by atoms with Crippen LogP contribution in [0, 0.1) is 5.82 Å². The van der Waals surface area contributed by atoms with E-state index in [4.69, 9.17) is 4.74 Å². The Morgan fingerprint density at radius 3 is 2.68 bits per heavy atom. The van der Waals surface area contributed by atoms with Crippen LogP contribution in [0.25, 0.3) is 0 Å². The second-order valence-electron chi connectivity index (χ2n) is 6.64. The number of benzene rings is 1. The summed E-state index contributed by atoms with van der Waals surface area (Å²) in [4.78, 5) is 4.18. The van der Waals surface area contributed by atoms with Crippen molar-refractivity contribution in [3.63, 3.8) is 0 Å². The standard InChI is InChI=1S/C20H32FN3O/c1-22-20(24-16-17-10-6-7-13-19(17)21)23-14-8-3-9-15-25-18-11-4-2-5-12-18/h6-7,10,13,18H,2-5,8-9,11-12,14-16H2,1H3,(H2,22,23,24). The molecule has 5 heteroatoms. The minimum atomic E-state index is -0.191. The first-order chi connectivity index (χ1) is 12.3.